The van der Waals surface area contributed by atoms with Gasteiger partial charge < -0.3 is 10.6 Å². The van der Waals surface area contributed by atoms with Crippen molar-refractivity contribution in [3.63, 3.8) is 0 Å². The number of unbranched alkanes of at least 4 members (excludes halogenated alkanes) is 2. The number of benzene rings is 1. The third kappa shape index (κ3) is 4.55. The molecule has 0 saturated heterocycles. The molecule has 0 aliphatic heterocycles. The molecule has 110 valence electrons. The Kier molecular flexibility index (Phi) is 5.90. The molecule has 3 nitrogen and oxygen atoms in total. The van der Waals surface area contributed by atoms with Crippen LogP contribution in [0.5, 0.6) is 0 Å². The average molecular weight is 273 g/mol. The zero-order valence-corrected chi connectivity index (χ0v) is 12.7. The Morgan fingerprint density at radius 2 is 2.00 bits per heavy atom. The standard InChI is InChI=1S/C17H27N3/c1-3-4-8-11-19-17(18-2)20-13-15-12-16(15)14-9-6-5-7-10-14/h5-7,9-10,15-16H,3-4,8,11-13H2,1-2H3,(H2,18,19,20). The first-order chi connectivity index (χ1) is 9.85. The maximum Gasteiger partial charge on any atom is 0.190 e. The van der Waals surface area contributed by atoms with Gasteiger partial charge in [0.05, 0.1) is 0 Å². The lowest BCUT2D eigenvalue weighted by molar-refractivity contribution is 0.671. The molecule has 2 rings (SSSR count). The summed E-state index contributed by atoms with van der Waals surface area (Å²) in [6, 6.07) is 10.8. The van der Waals surface area contributed by atoms with Gasteiger partial charge in [-0.3, -0.25) is 4.99 Å². The van der Waals surface area contributed by atoms with E-state index < -0.39 is 0 Å². The van der Waals surface area contributed by atoms with Crippen LogP contribution in [0.3, 0.4) is 0 Å². The van der Waals surface area contributed by atoms with E-state index in [2.05, 4.69) is 52.9 Å². The van der Waals surface area contributed by atoms with E-state index in [0.717, 1.165) is 30.9 Å². The van der Waals surface area contributed by atoms with Crippen LogP contribution in [0.15, 0.2) is 35.3 Å². The van der Waals surface area contributed by atoms with Gasteiger partial charge in [-0.2, -0.15) is 0 Å². The minimum atomic E-state index is 0.738. The molecule has 1 aromatic carbocycles. The second-order valence-electron chi connectivity index (χ2n) is 5.60. The lowest BCUT2D eigenvalue weighted by Crippen LogP contribution is -2.38. The average Bonchev–Trinajstić information content (AvgIpc) is 3.27. The number of hydrogen-bond acceptors (Lipinski definition) is 1. The van der Waals surface area contributed by atoms with Gasteiger partial charge in [0.25, 0.3) is 0 Å². The minimum absolute atomic E-state index is 0.738. The van der Waals surface area contributed by atoms with Crippen LogP contribution in [-0.2, 0) is 0 Å². The lowest BCUT2D eigenvalue weighted by atomic mass is 10.1. The van der Waals surface area contributed by atoms with Gasteiger partial charge in [-0.15, -0.1) is 0 Å². The van der Waals surface area contributed by atoms with Crippen LogP contribution in [0.1, 0.15) is 44.1 Å². The Balaban J connectivity index is 1.65. The second kappa shape index (κ2) is 7.93. The Morgan fingerprint density at radius 1 is 1.20 bits per heavy atom. The highest BCUT2D eigenvalue weighted by molar-refractivity contribution is 5.79. The molecule has 0 radical (unpaired) electrons. The van der Waals surface area contributed by atoms with Crippen LogP contribution in [0.2, 0.25) is 0 Å². The summed E-state index contributed by atoms with van der Waals surface area (Å²) in [6.45, 7) is 4.26. The van der Waals surface area contributed by atoms with Crippen LogP contribution >= 0.6 is 0 Å². The van der Waals surface area contributed by atoms with Crippen molar-refractivity contribution < 1.29 is 0 Å². The van der Waals surface area contributed by atoms with E-state index in [1.54, 1.807) is 0 Å². The van der Waals surface area contributed by atoms with Crippen molar-refractivity contribution in [2.45, 2.75) is 38.5 Å². The quantitative estimate of drug-likeness (QED) is 0.455. The molecule has 0 heterocycles. The fourth-order valence-electron chi connectivity index (χ4n) is 2.61. The molecule has 2 atom stereocenters. The van der Waals surface area contributed by atoms with Gasteiger partial charge in [0.2, 0.25) is 0 Å². The number of guanidine groups is 1. The highest BCUT2D eigenvalue weighted by Crippen LogP contribution is 2.46. The molecule has 2 unspecified atom stereocenters. The molecule has 0 amide bonds. The third-order valence-electron chi connectivity index (χ3n) is 3.98. The van der Waals surface area contributed by atoms with Crippen LogP contribution in [0.4, 0.5) is 0 Å². The summed E-state index contributed by atoms with van der Waals surface area (Å²) in [6.07, 6.45) is 5.05. The van der Waals surface area contributed by atoms with Crippen molar-refractivity contribution in [2.24, 2.45) is 10.9 Å². The molecular formula is C17H27N3. The highest BCUT2D eigenvalue weighted by Gasteiger charge is 2.37. The summed E-state index contributed by atoms with van der Waals surface area (Å²) in [5.74, 6) is 2.44. The Bertz CT molecular complexity index is 414. The number of aliphatic imine (C=N–C) groups is 1. The van der Waals surface area contributed by atoms with Gasteiger partial charge >= 0.3 is 0 Å². The molecule has 0 aromatic heterocycles. The molecule has 0 bridgehead atoms. The van der Waals surface area contributed by atoms with E-state index in [-0.39, 0.29) is 0 Å². The highest BCUT2D eigenvalue weighted by atomic mass is 15.2. The molecule has 20 heavy (non-hydrogen) atoms. The largest absolute Gasteiger partial charge is 0.356 e. The van der Waals surface area contributed by atoms with Gasteiger partial charge in [-0.1, -0.05) is 50.1 Å². The fourth-order valence-corrected chi connectivity index (χ4v) is 2.61. The second-order valence-corrected chi connectivity index (χ2v) is 5.60. The van der Waals surface area contributed by atoms with Crippen molar-refractivity contribution in [3.8, 4) is 0 Å². The fraction of sp³-hybridized carbons (Fsp3) is 0.588. The summed E-state index contributed by atoms with van der Waals surface area (Å²) >= 11 is 0. The molecule has 1 aliphatic carbocycles. The van der Waals surface area contributed by atoms with E-state index in [9.17, 15) is 0 Å². The van der Waals surface area contributed by atoms with Crippen molar-refractivity contribution in [1.29, 1.82) is 0 Å². The number of hydrogen-bond donors (Lipinski definition) is 2. The van der Waals surface area contributed by atoms with E-state index in [4.69, 9.17) is 0 Å². The van der Waals surface area contributed by atoms with E-state index >= 15 is 0 Å². The van der Waals surface area contributed by atoms with Gasteiger partial charge in [-0.25, -0.2) is 0 Å². The van der Waals surface area contributed by atoms with E-state index in [1.165, 1.54) is 31.2 Å². The van der Waals surface area contributed by atoms with Gasteiger partial charge in [0.1, 0.15) is 0 Å². The van der Waals surface area contributed by atoms with Gasteiger partial charge in [0.15, 0.2) is 5.96 Å². The summed E-state index contributed by atoms with van der Waals surface area (Å²) in [5.41, 5.74) is 1.48. The monoisotopic (exact) mass is 273 g/mol. The van der Waals surface area contributed by atoms with E-state index in [0.29, 0.717) is 0 Å². The topological polar surface area (TPSA) is 36.4 Å². The van der Waals surface area contributed by atoms with Crippen LogP contribution in [-0.4, -0.2) is 26.1 Å². The summed E-state index contributed by atoms with van der Waals surface area (Å²) in [7, 11) is 1.84. The van der Waals surface area contributed by atoms with E-state index in [1.807, 2.05) is 7.05 Å². The number of nitrogens with zero attached hydrogens (tertiary/aromatic N) is 1. The Labute approximate surface area is 122 Å². The van der Waals surface area contributed by atoms with Gasteiger partial charge in [-0.05, 0) is 30.2 Å². The molecule has 1 fully saturated rings. The molecule has 3 heteroatoms. The maximum absolute atomic E-state index is 4.28. The summed E-state index contributed by atoms with van der Waals surface area (Å²) in [5, 5.41) is 6.83. The molecular weight excluding hydrogens is 246 g/mol. The lowest BCUT2D eigenvalue weighted by Gasteiger charge is -2.11. The Morgan fingerprint density at radius 3 is 2.70 bits per heavy atom. The summed E-state index contributed by atoms with van der Waals surface area (Å²) < 4.78 is 0. The molecule has 0 spiro atoms. The predicted molar refractivity (Wildman–Crippen MR) is 86.2 cm³/mol. The number of nitrogens with one attached hydrogen (secondary N) is 2. The summed E-state index contributed by atoms with van der Waals surface area (Å²) in [4.78, 5) is 4.28. The predicted octanol–water partition coefficient (Wildman–Crippen LogP) is 3.15. The zero-order valence-electron chi connectivity index (χ0n) is 12.7. The molecule has 1 saturated carbocycles. The van der Waals surface area contributed by atoms with Crippen LogP contribution < -0.4 is 10.6 Å². The Hall–Kier alpha value is -1.51. The van der Waals surface area contributed by atoms with Gasteiger partial charge in [0, 0.05) is 20.1 Å². The molecule has 1 aliphatic rings. The minimum Gasteiger partial charge on any atom is -0.356 e. The van der Waals surface area contributed by atoms with Crippen LogP contribution in [0, 0.1) is 5.92 Å². The first-order valence-corrected chi connectivity index (χ1v) is 7.84. The SMILES string of the molecule is CCCCCNC(=NC)NCC1CC1c1ccccc1. The third-order valence-corrected chi connectivity index (χ3v) is 3.98. The smallest absolute Gasteiger partial charge is 0.190 e. The van der Waals surface area contributed by atoms with Crippen molar-refractivity contribution >= 4 is 5.96 Å². The zero-order chi connectivity index (χ0) is 14.2. The normalized spacial score (nSPS) is 21.6. The maximum atomic E-state index is 4.28. The van der Waals surface area contributed by atoms with Crippen molar-refractivity contribution in [3.05, 3.63) is 35.9 Å². The number of rotatable bonds is 7. The molecule has 2 N–H and O–H groups in total. The first kappa shape index (κ1) is 14.9. The van der Waals surface area contributed by atoms with Crippen molar-refractivity contribution in [2.75, 3.05) is 20.1 Å². The van der Waals surface area contributed by atoms with Crippen LogP contribution in [0.25, 0.3) is 0 Å². The molecule has 1 aromatic rings. The van der Waals surface area contributed by atoms with Crippen molar-refractivity contribution in [1.82, 2.24) is 10.6 Å². The first-order valence-electron chi connectivity index (χ1n) is 7.84.